The van der Waals surface area contributed by atoms with Gasteiger partial charge in [0, 0.05) is 6.54 Å². The van der Waals surface area contributed by atoms with E-state index >= 15 is 0 Å². The van der Waals surface area contributed by atoms with Gasteiger partial charge in [0.05, 0.1) is 6.61 Å². The molecule has 4 nitrogen and oxygen atoms in total. The number of carbonyl (C=O) groups is 1. The van der Waals surface area contributed by atoms with Gasteiger partial charge in [-0.15, -0.1) is 0 Å². The standard InChI is InChI=1S/C12H15NO3/c1-12(11(14)15,10-13-7-8-16-10)9-5-3-2-4-6-9/h2-6,10,13H,7-8H2,1H3,(H,14,15). The molecule has 1 fully saturated rings. The highest BCUT2D eigenvalue weighted by atomic mass is 16.5. The molecule has 2 N–H and O–H groups in total. The molecule has 0 saturated carbocycles. The fourth-order valence-electron chi connectivity index (χ4n) is 1.97. The van der Waals surface area contributed by atoms with Crippen LogP contribution < -0.4 is 5.32 Å². The summed E-state index contributed by atoms with van der Waals surface area (Å²) in [6.45, 7) is 2.94. The second-order valence-corrected chi connectivity index (χ2v) is 4.08. The minimum Gasteiger partial charge on any atom is -0.480 e. The van der Waals surface area contributed by atoms with E-state index in [1.165, 1.54) is 0 Å². The summed E-state index contributed by atoms with van der Waals surface area (Å²) in [5.74, 6) is -0.877. The van der Waals surface area contributed by atoms with Crippen molar-refractivity contribution in [2.24, 2.45) is 0 Å². The molecule has 2 rings (SSSR count). The molecule has 16 heavy (non-hydrogen) atoms. The lowest BCUT2D eigenvalue weighted by Crippen LogP contribution is -2.49. The van der Waals surface area contributed by atoms with Crippen molar-refractivity contribution in [3.8, 4) is 0 Å². The van der Waals surface area contributed by atoms with Gasteiger partial charge in [-0.25, -0.2) is 0 Å². The van der Waals surface area contributed by atoms with E-state index in [-0.39, 0.29) is 0 Å². The van der Waals surface area contributed by atoms with E-state index in [0.717, 1.165) is 5.56 Å². The molecule has 1 aliphatic rings. The highest BCUT2D eigenvalue weighted by molar-refractivity contribution is 5.81. The fourth-order valence-corrected chi connectivity index (χ4v) is 1.97. The Labute approximate surface area is 94.2 Å². The molecule has 2 unspecified atom stereocenters. The Morgan fingerprint density at radius 2 is 2.19 bits per heavy atom. The molecule has 1 heterocycles. The summed E-state index contributed by atoms with van der Waals surface area (Å²) in [4.78, 5) is 11.5. The number of nitrogens with one attached hydrogen (secondary N) is 1. The van der Waals surface area contributed by atoms with Gasteiger partial charge in [-0.3, -0.25) is 10.1 Å². The molecule has 4 heteroatoms. The van der Waals surface area contributed by atoms with E-state index in [2.05, 4.69) is 5.32 Å². The molecule has 1 aliphatic heterocycles. The second-order valence-electron chi connectivity index (χ2n) is 4.08. The van der Waals surface area contributed by atoms with Crippen molar-refractivity contribution in [2.45, 2.75) is 18.6 Å². The van der Waals surface area contributed by atoms with Crippen LogP contribution in [0.1, 0.15) is 12.5 Å². The predicted octanol–water partition coefficient (Wildman–Crippen LogP) is 0.975. The SMILES string of the molecule is CC(C(=O)O)(c1ccccc1)C1NCCO1. The Hall–Kier alpha value is -1.39. The quantitative estimate of drug-likeness (QED) is 0.798. The number of benzene rings is 1. The monoisotopic (exact) mass is 221 g/mol. The number of aliphatic carboxylic acids is 1. The van der Waals surface area contributed by atoms with Crippen molar-refractivity contribution in [1.82, 2.24) is 5.32 Å². The average Bonchev–Trinajstić information content (AvgIpc) is 2.82. The smallest absolute Gasteiger partial charge is 0.317 e. The van der Waals surface area contributed by atoms with Crippen LogP contribution in [-0.2, 0) is 14.9 Å². The first kappa shape index (κ1) is 11.1. The number of rotatable bonds is 3. The van der Waals surface area contributed by atoms with Gasteiger partial charge in [0.1, 0.15) is 11.6 Å². The normalized spacial score (nSPS) is 23.9. The van der Waals surface area contributed by atoms with Crippen molar-refractivity contribution < 1.29 is 14.6 Å². The topological polar surface area (TPSA) is 58.6 Å². The van der Waals surface area contributed by atoms with Gasteiger partial charge >= 0.3 is 5.97 Å². The van der Waals surface area contributed by atoms with Gasteiger partial charge < -0.3 is 9.84 Å². The Kier molecular flexibility index (Phi) is 2.94. The maximum absolute atomic E-state index is 11.5. The first-order valence-corrected chi connectivity index (χ1v) is 5.29. The van der Waals surface area contributed by atoms with Crippen molar-refractivity contribution in [3.05, 3.63) is 35.9 Å². The Bertz CT molecular complexity index is 373. The van der Waals surface area contributed by atoms with Crippen LogP contribution >= 0.6 is 0 Å². The van der Waals surface area contributed by atoms with Gasteiger partial charge in [0.15, 0.2) is 0 Å². The van der Waals surface area contributed by atoms with Crippen molar-refractivity contribution in [2.75, 3.05) is 13.2 Å². The molecular weight excluding hydrogens is 206 g/mol. The highest BCUT2D eigenvalue weighted by Crippen LogP contribution is 2.30. The van der Waals surface area contributed by atoms with Crippen molar-refractivity contribution in [3.63, 3.8) is 0 Å². The van der Waals surface area contributed by atoms with Gasteiger partial charge in [-0.05, 0) is 12.5 Å². The molecule has 0 bridgehead atoms. The maximum atomic E-state index is 11.5. The van der Waals surface area contributed by atoms with Crippen LogP contribution in [0.5, 0.6) is 0 Å². The minimum atomic E-state index is -1.04. The lowest BCUT2D eigenvalue weighted by molar-refractivity contribution is -0.149. The number of hydrogen-bond donors (Lipinski definition) is 2. The van der Waals surface area contributed by atoms with Crippen LogP contribution in [-0.4, -0.2) is 30.5 Å². The third kappa shape index (κ3) is 1.70. The molecule has 0 aliphatic carbocycles. The second kappa shape index (κ2) is 4.23. The summed E-state index contributed by atoms with van der Waals surface area (Å²) in [7, 11) is 0. The first-order valence-electron chi connectivity index (χ1n) is 5.29. The van der Waals surface area contributed by atoms with E-state index in [1.54, 1.807) is 6.92 Å². The third-order valence-corrected chi connectivity index (χ3v) is 3.06. The van der Waals surface area contributed by atoms with E-state index < -0.39 is 17.6 Å². The number of carboxylic acid groups (broad SMARTS) is 1. The largest absolute Gasteiger partial charge is 0.480 e. The zero-order chi connectivity index (χ0) is 11.6. The summed E-state index contributed by atoms with van der Waals surface area (Å²) in [5, 5.41) is 12.5. The summed E-state index contributed by atoms with van der Waals surface area (Å²) >= 11 is 0. The molecule has 1 saturated heterocycles. The minimum absolute atomic E-state index is 0.465. The highest BCUT2D eigenvalue weighted by Gasteiger charge is 2.45. The van der Waals surface area contributed by atoms with Gasteiger partial charge in [-0.1, -0.05) is 30.3 Å². The van der Waals surface area contributed by atoms with E-state index in [4.69, 9.17) is 4.74 Å². The molecule has 1 aromatic carbocycles. The molecule has 0 radical (unpaired) electrons. The van der Waals surface area contributed by atoms with Crippen molar-refractivity contribution in [1.29, 1.82) is 0 Å². The molecule has 0 spiro atoms. The molecule has 2 atom stereocenters. The number of ether oxygens (including phenoxy) is 1. The molecule has 86 valence electrons. The Morgan fingerprint density at radius 1 is 1.50 bits per heavy atom. The third-order valence-electron chi connectivity index (χ3n) is 3.06. The molecule has 0 aromatic heterocycles. The number of hydrogen-bond acceptors (Lipinski definition) is 3. The molecule has 1 aromatic rings. The summed E-state index contributed by atoms with van der Waals surface area (Å²) < 4.78 is 5.44. The van der Waals surface area contributed by atoms with Crippen LogP contribution in [0.3, 0.4) is 0 Å². The first-order chi connectivity index (χ1) is 7.65. The Balaban J connectivity index is 2.39. The zero-order valence-corrected chi connectivity index (χ0v) is 9.14. The lowest BCUT2D eigenvalue weighted by atomic mass is 9.80. The lowest BCUT2D eigenvalue weighted by Gasteiger charge is -2.30. The van der Waals surface area contributed by atoms with E-state index in [9.17, 15) is 9.90 Å². The van der Waals surface area contributed by atoms with Gasteiger partial charge in [-0.2, -0.15) is 0 Å². The van der Waals surface area contributed by atoms with Crippen molar-refractivity contribution >= 4 is 5.97 Å². The van der Waals surface area contributed by atoms with Gasteiger partial charge in [0.2, 0.25) is 0 Å². The van der Waals surface area contributed by atoms with Gasteiger partial charge in [0.25, 0.3) is 0 Å². The van der Waals surface area contributed by atoms with Crippen LogP contribution in [0.4, 0.5) is 0 Å². The maximum Gasteiger partial charge on any atom is 0.317 e. The van der Waals surface area contributed by atoms with Crippen LogP contribution in [0, 0.1) is 0 Å². The van der Waals surface area contributed by atoms with E-state index in [1.807, 2.05) is 30.3 Å². The molecular formula is C12H15NO3. The predicted molar refractivity (Wildman–Crippen MR) is 59.2 cm³/mol. The summed E-state index contributed by atoms with van der Waals surface area (Å²) in [6.07, 6.45) is -0.465. The molecule has 0 amide bonds. The summed E-state index contributed by atoms with van der Waals surface area (Å²) in [5.41, 5.74) is -0.292. The van der Waals surface area contributed by atoms with Crippen LogP contribution in [0.15, 0.2) is 30.3 Å². The fraction of sp³-hybridized carbons (Fsp3) is 0.417. The Morgan fingerprint density at radius 3 is 2.69 bits per heavy atom. The summed E-state index contributed by atoms with van der Waals surface area (Å²) in [6, 6.07) is 9.18. The average molecular weight is 221 g/mol. The number of carboxylic acids is 1. The zero-order valence-electron chi connectivity index (χ0n) is 9.14. The van der Waals surface area contributed by atoms with E-state index in [0.29, 0.717) is 13.2 Å². The van der Waals surface area contributed by atoms with Crippen LogP contribution in [0.2, 0.25) is 0 Å². The van der Waals surface area contributed by atoms with Crippen LogP contribution in [0.25, 0.3) is 0 Å².